The maximum absolute atomic E-state index is 4.33. The number of fused-ring (bicyclic) bond motifs is 6. The van der Waals surface area contributed by atoms with Gasteiger partial charge >= 0.3 is 0 Å². The van der Waals surface area contributed by atoms with E-state index in [4.69, 9.17) is 0 Å². The van der Waals surface area contributed by atoms with Crippen molar-refractivity contribution in [2.75, 3.05) is 0 Å². The smallest absolute Gasteiger partial charge is 0.0137 e. The highest BCUT2D eigenvalue weighted by molar-refractivity contribution is 5.30. The SMILES string of the molecule is C=C1C2CCCC1C1CCC2C1=C. The van der Waals surface area contributed by atoms with Gasteiger partial charge in [0, 0.05) is 0 Å². The summed E-state index contributed by atoms with van der Waals surface area (Å²) in [7, 11) is 0. The third-order valence-corrected chi connectivity index (χ3v) is 4.70. The Kier molecular flexibility index (Phi) is 1.51. The van der Waals surface area contributed by atoms with Crippen LogP contribution in [0, 0.1) is 23.7 Å². The van der Waals surface area contributed by atoms with Gasteiger partial charge in [0.2, 0.25) is 0 Å². The van der Waals surface area contributed by atoms with Crippen molar-refractivity contribution in [2.24, 2.45) is 23.7 Å². The van der Waals surface area contributed by atoms with Gasteiger partial charge in [-0.15, -0.1) is 0 Å². The summed E-state index contributed by atoms with van der Waals surface area (Å²) in [6.45, 7) is 8.65. The van der Waals surface area contributed by atoms with Crippen LogP contribution >= 0.6 is 0 Å². The molecule has 0 aliphatic heterocycles. The van der Waals surface area contributed by atoms with E-state index >= 15 is 0 Å². The second kappa shape index (κ2) is 2.50. The van der Waals surface area contributed by atoms with Crippen molar-refractivity contribution < 1.29 is 0 Å². The first-order chi connectivity index (χ1) is 6.29. The molecule has 3 rings (SSSR count). The van der Waals surface area contributed by atoms with E-state index in [2.05, 4.69) is 13.2 Å². The molecule has 4 atom stereocenters. The van der Waals surface area contributed by atoms with Crippen molar-refractivity contribution in [3.63, 3.8) is 0 Å². The summed E-state index contributed by atoms with van der Waals surface area (Å²) in [5, 5.41) is 0. The molecule has 4 unspecified atom stereocenters. The van der Waals surface area contributed by atoms with Crippen LogP contribution in [0.25, 0.3) is 0 Å². The van der Waals surface area contributed by atoms with E-state index < -0.39 is 0 Å². The molecule has 3 saturated carbocycles. The first-order valence-electron chi connectivity index (χ1n) is 5.66. The largest absolute Gasteiger partial charge is 0.0993 e. The van der Waals surface area contributed by atoms with Crippen molar-refractivity contribution in [3.05, 3.63) is 24.3 Å². The Balaban J connectivity index is 2.05. The lowest BCUT2D eigenvalue weighted by Crippen LogP contribution is -2.33. The molecule has 0 spiro atoms. The van der Waals surface area contributed by atoms with Gasteiger partial charge < -0.3 is 0 Å². The van der Waals surface area contributed by atoms with Gasteiger partial charge in [-0.3, -0.25) is 0 Å². The van der Waals surface area contributed by atoms with E-state index in [0.29, 0.717) is 0 Å². The van der Waals surface area contributed by atoms with E-state index in [1.165, 1.54) is 32.1 Å². The molecule has 3 aliphatic carbocycles. The van der Waals surface area contributed by atoms with Crippen LogP contribution in [0.5, 0.6) is 0 Å². The molecular weight excluding hydrogens is 156 g/mol. The molecule has 70 valence electrons. The minimum absolute atomic E-state index is 0.824. The van der Waals surface area contributed by atoms with Gasteiger partial charge in [-0.05, 0) is 49.4 Å². The fourth-order valence-electron chi connectivity index (χ4n) is 4.05. The normalized spacial score (nSPS) is 48.3. The molecule has 3 fully saturated rings. The van der Waals surface area contributed by atoms with E-state index in [1.807, 2.05) is 0 Å². The standard InChI is InChI=1S/C13H18/c1-8-10-4-3-5-11(8)13-7-6-12(10)9(13)2/h10-13H,1-7H2. The molecule has 4 bridgehead atoms. The minimum Gasteiger partial charge on any atom is -0.0993 e. The van der Waals surface area contributed by atoms with E-state index in [0.717, 1.165) is 23.7 Å². The molecule has 0 aromatic carbocycles. The van der Waals surface area contributed by atoms with Gasteiger partial charge in [0.15, 0.2) is 0 Å². The number of allylic oxidation sites excluding steroid dienone is 2. The lowest BCUT2D eigenvalue weighted by molar-refractivity contribution is 0.250. The van der Waals surface area contributed by atoms with Crippen LogP contribution in [-0.2, 0) is 0 Å². The molecule has 0 aromatic rings. The van der Waals surface area contributed by atoms with Crippen molar-refractivity contribution >= 4 is 0 Å². The highest BCUT2D eigenvalue weighted by Crippen LogP contribution is 2.58. The summed E-state index contributed by atoms with van der Waals surface area (Å²) >= 11 is 0. The van der Waals surface area contributed by atoms with Gasteiger partial charge in [0.05, 0.1) is 0 Å². The number of rotatable bonds is 0. The summed E-state index contributed by atoms with van der Waals surface area (Å²) in [6.07, 6.45) is 7.04. The zero-order valence-electron chi connectivity index (χ0n) is 8.26. The zero-order chi connectivity index (χ0) is 9.00. The van der Waals surface area contributed by atoms with Crippen LogP contribution in [0.3, 0.4) is 0 Å². The van der Waals surface area contributed by atoms with Crippen LogP contribution < -0.4 is 0 Å². The van der Waals surface area contributed by atoms with Crippen LogP contribution in [-0.4, -0.2) is 0 Å². The minimum atomic E-state index is 0.824. The summed E-state index contributed by atoms with van der Waals surface area (Å²) in [6, 6.07) is 0. The molecular formula is C13H18. The Bertz CT molecular complexity index is 250. The highest BCUT2D eigenvalue weighted by atomic mass is 14.5. The van der Waals surface area contributed by atoms with Crippen LogP contribution in [0.4, 0.5) is 0 Å². The van der Waals surface area contributed by atoms with E-state index in [1.54, 1.807) is 11.1 Å². The molecule has 0 saturated heterocycles. The van der Waals surface area contributed by atoms with Crippen molar-refractivity contribution in [3.8, 4) is 0 Å². The lowest BCUT2D eigenvalue weighted by Gasteiger charge is -2.43. The first-order valence-corrected chi connectivity index (χ1v) is 5.66. The fourth-order valence-corrected chi connectivity index (χ4v) is 4.05. The van der Waals surface area contributed by atoms with Crippen LogP contribution in [0.2, 0.25) is 0 Å². The first kappa shape index (κ1) is 7.84. The second-order valence-corrected chi connectivity index (χ2v) is 5.08. The van der Waals surface area contributed by atoms with Crippen molar-refractivity contribution in [1.82, 2.24) is 0 Å². The van der Waals surface area contributed by atoms with E-state index in [9.17, 15) is 0 Å². The zero-order valence-corrected chi connectivity index (χ0v) is 8.26. The summed E-state index contributed by atoms with van der Waals surface area (Å²) in [5.41, 5.74) is 3.17. The Morgan fingerprint density at radius 2 is 1.08 bits per heavy atom. The Hall–Kier alpha value is -0.520. The second-order valence-electron chi connectivity index (χ2n) is 5.08. The Morgan fingerprint density at radius 1 is 0.692 bits per heavy atom. The Labute approximate surface area is 80.7 Å². The molecule has 0 N–H and O–H groups in total. The van der Waals surface area contributed by atoms with Gasteiger partial charge in [0.1, 0.15) is 0 Å². The highest BCUT2D eigenvalue weighted by Gasteiger charge is 2.47. The monoisotopic (exact) mass is 174 g/mol. The number of hydrogen-bond acceptors (Lipinski definition) is 0. The van der Waals surface area contributed by atoms with Gasteiger partial charge in [-0.25, -0.2) is 0 Å². The topological polar surface area (TPSA) is 0 Å². The molecule has 0 heterocycles. The molecule has 0 radical (unpaired) electrons. The average molecular weight is 174 g/mol. The summed E-state index contributed by atoms with van der Waals surface area (Å²) < 4.78 is 0. The molecule has 0 nitrogen and oxygen atoms in total. The van der Waals surface area contributed by atoms with Gasteiger partial charge in [-0.1, -0.05) is 30.7 Å². The molecule has 13 heavy (non-hydrogen) atoms. The fraction of sp³-hybridized carbons (Fsp3) is 0.692. The molecule has 0 aromatic heterocycles. The van der Waals surface area contributed by atoms with Crippen LogP contribution in [0.1, 0.15) is 32.1 Å². The Morgan fingerprint density at radius 3 is 1.54 bits per heavy atom. The maximum atomic E-state index is 4.33. The summed E-state index contributed by atoms with van der Waals surface area (Å²) in [4.78, 5) is 0. The lowest BCUT2D eigenvalue weighted by atomic mass is 9.62. The van der Waals surface area contributed by atoms with Gasteiger partial charge in [-0.2, -0.15) is 0 Å². The predicted octanol–water partition coefficient (Wildman–Crippen LogP) is 3.55. The molecule has 3 aliphatic rings. The van der Waals surface area contributed by atoms with Crippen molar-refractivity contribution in [2.45, 2.75) is 32.1 Å². The van der Waals surface area contributed by atoms with E-state index in [-0.39, 0.29) is 0 Å². The van der Waals surface area contributed by atoms with Crippen LogP contribution in [0.15, 0.2) is 24.3 Å². The maximum Gasteiger partial charge on any atom is -0.0137 e. The number of hydrogen-bond donors (Lipinski definition) is 0. The third-order valence-electron chi connectivity index (χ3n) is 4.70. The quantitative estimate of drug-likeness (QED) is 0.493. The molecule has 0 heteroatoms. The van der Waals surface area contributed by atoms with Crippen molar-refractivity contribution in [1.29, 1.82) is 0 Å². The predicted molar refractivity (Wildman–Crippen MR) is 55.3 cm³/mol. The third kappa shape index (κ3) is 0.868. The average Bonchev–Trinajstić information content (AvgIpc) is 2.46. The van der Waals surface area contributed by atoms with Gasteiger partial charge in [0.25, 0.3) is 0 Å². The molecule has 0 amide bonds. The summed E-state index contributed by atoms with van der Waals surface area (Å²) in [5.74, 6) is 3.30.